The molecule has 0 unspecified atom stereocenters. The maximum Gasteiger partial charge on any atom is 0.310 e. The molecule has 3 aromatic carbocycles. The van der Waals surface area contributed by atoms with E-state index in [1.807, 2.05) is 54.6 Å². The Morgan fingerprint density at radius 1 is 0.821 bits per heavy atom. The zero-order chi connectivity index (χ0) is 27.5. The quantitative estimate of drug-likeness (QED) is 0.330. The lowest BCUT2D eigenvalue weighted by atomic mass is 9.98. The molecule has 0 radical (unpaired) electrons. The van der Waals surface area contributed by atoms with E-state index in [9.17, 15) is 14.4 Å². The van der Waals surface area contributed by atoms with Crippen LogP contribution in [0, 0.1) is 0 Å². The first-order valence-corrected chi connectivity index (χ1v) is 13.4. The van der Waals surface area contributed by atoms with E-state index >= 15 is 0 Å². The predicted octanol–water partition coefficient (Wildman–Crippen LogP) is 3.02. The molecule has 39 heavy (non-hydrogen) atoms. The van der Waals surface area contributed by atoms with Crippen molar-refractivity contribution in [2.24, 2.45) is 5.73 Å². The maximum atomic E-state index is 12.7. The van der Waals surface area contributed by atoms with E-state index in [1.54, 1.807) is 24.3 Å². The third-order valence-electron chi connectivity index (χ3n) is 6.80. The molecule has 2 amide bonds. The fourth-order valence-electron chi connectivity index (χ4n) is 4.73. The molecule has 1 saturated heterocycles. The Labute approximate surface area is 229 Å². The number of hydrogen-bond acceptors (Lipinski definition) is 6. The van der Waals surface area contributed by atoms with Crippen LogP contribution in [0.2, 0.25) is 0 Å². The number of benzene rings is 3. The lowest BCUT2D eigenvalue weighted by molar-refractivity contribution is -0.150. The van der Waals surface area contributed by atoms with Crippen LogP contribution in [0.25, 0.3) is 11.1 Å². The van der Waals surface area contributed by atoms with Gasteiger partial charge in [0.05, 0.1) is 6.42 Å². The molecule has 8 heteroatoms. The van der Waals surface area contributed by atoms with Crippen molar-refractivity contribution < 1.29 is 19.1 Å². The van der Waals surface area contributed by atoms with Gasteiger partial charge in [0.25, 0.3) is 11.8 Å². The number of carbonyl (C=O) groups excluding carboxylic acids is 3. The van der Waals surface area contributed by atoms with Gasteiger partial charge in [0.15, 0.2) is 0 Å². The average molecular weight is 529 g/mol. The maximum absolute atomic E-state index is 12.7. The summed E-state index contributed by atoms with van der Waals surface area (Å²) in [5.74, 6) is -0.676. The van der Waals surface area contributed by atoms with E-state index in [0.29, 0.717) is 37.3 Å². The fraction of sp³-hybridized carbons (Fsp3) is 0.323. The number of ether oxygens (including phenoxy) is 1. The summed E-state index contributed by atoms with van der Waals surface area (Å²) in [4.78, 5) is 39.7. The molecule has 1 heterocycles. The molecule has 4 N–H and O–H groups in total. The Kier molecular flexibility index (Phi) is 10.2. The highest BCUT2D eigenvalue weighted by atomic mass is 16.5. The number of amides is 2. The molecule has 0 saturated carbocycles. The van der Waals surface area contributed by atoms with E-state index in [2.05, 4.69) is 15.5 Å². The van der Waals surface area contributed by atoms with Crippen molar-refractivity contribution in [1.29, 1.82) is 0 Å². The Morgan fingerprint density at radius 2 is 1.46 bits per heavy atom. The molecule has 4 rings (SSSR count). The van der Waals surface area contributed by atoms with Crippen LogP contribution in [0.4, 0.5) is 0 Å². The number of carbonyl (C=O) groups is 3. The number of esters is 1. The molecular formula is C31H36N4O4. The molecular weight excluding hydrogens is 492 g/mol. The molecule has 8 nitrogen and oxygen atoms in total. The number of rotatable bonds is 11. The number of nitrogens with two attached hydrogens (primary N) is 1. The van der Waals surface area contributed by atoms with Crippen molar-refractivity contribution in [3.05, 3.63) is 95.6 Å². The first-order valence-electron chi connectivity index (χ1n) is 13.4. The van der Waals surface area contributed by atoms with Gasteiger partial charge in [0.2, 0.25) is 0 Å². The predicted molar refractivity (Wildman–Crippen MR) is 151 cm³/mol. The fourth-order valence-corrected chi connectivity index (χ4v) is 4.73. The second-order valence-electron chi connectivity index (χ2n) is 9.61. The highest BCUT2D eigenvalue weighted by Crippen LogP contribution is 2.24. The van der Waals surface area contributed by atoms with Crippen molar-refractivity contribution in [3.8, 4) is 11.1 Å². The van der Waals surface area contributed by atoms with Gasteiger partial charge in [-0.15, -0.1) is 0 Å². The average Bonchev–Trinajstić information content (AvgIpc) is 2.97. The largest absolute Gasteiger partial charge is 0.462 e. The van der Waals surface area contributed by atoms with E-state index in [1.165, 1.54) is 0 Å². The molecule has 0 bridgehead atoms. The number of nitrogens with zero attached hydrogens (tertiary/aromatic N) is 1. The monoisotopic (exact) mass is 528 g/mol. The van der Waals surface area contributed by atoms with Gasteiger partial charge in [-0.1, -0.05) is 60.7 Å². The molecule has 0 aromatic heterocycles. The summed E-state index contributed by atoms with van der Waals surface area (Å²) in [5.41, 5.74) is 9.39. The van der Waals surface area contributed by atoms with Crippen LogP contribution in [0.5, 0.6) is 0 Å². The van der Waals surface area contributed by atoms with Gasteiger partial charge in [-0.2, -0.15) is 0 Å². The molecule has 204 valence electrons. The van der Waals surface area contributed by atoms with Crippen molar-refractivity contribution in [2.45, 2.75) is 25.4 Å². The summed E-state index contributed by atoms with van der Waals surface area (Å²) in [5, 5.41) is 5.63. The Bertz CT molecular complexity index is 1260. The molecule has 0 spiro atoms. The van der Waals surface area contributed by atoms with E-state index in [0.717, 1.165) is 42.6 Å². The minimum atomic E-state index is -0.251. The molecule has 1 aliphatic rings. The van der Waals surface area contributed by atoms with Crippen LogP contribution in [0.1, 0.15) is 39.1 Å². The second-order valence-corrected chi connectivity index (χ2v) is 9.61. The SMILES string of the molecule is NCCNC(=O)c1cccc(C(=O)NCCN2CCC(OC(=O)Cc3ccccc3-c3ccccc3)CC2)c1. The van der Waals surface area contributed by atoms with Gasteiger partial charge < -0.3 is 26.0 Å². The zero-order valence-electron chi connectivity index (χ0n) is 22.1. The first kappa shape index (κ1) is 28.0. The molecule has 1 fully saturated rings. The van der Waals surface area contributed by atoms with Gasteiger partial charge in [-0.25, -0.2) is 0 Å². The summed E-state index contributed by atoms with van der Waals surface area (Å²) in [6, 6.07) is 24.6. The summed E-state index contributed by atoms with van der Waals surface area (Å²) in [6.07, 6.45) is 1.67. The van der Waals surface area contributed by atoms with E-state index in [-0.39, 0.29) is 30.3 Å². The number of nitrogens with one attached hydrogen (secondary N) is 2. The summed E-state index contributed by atoms with van der Waals surface area (Å²) < 4.78 is 5.82. The summed E-state index contributed by atoms with van der Waals surface area (Å²) in [6.45, 7) is 3.52. The van der Waals surface area contributed by atoms with Crippen LogP contribution in [-0.4, -0.2) is 68.1 Å². The van der Waals surface area contributed by atoms with Crippen LogP contribution in [-0.2, 0) is 16.0 Å². The topological polar surface area (TPSA) is 114 Å². The van der Waals surface area contributed by atoms with Gasteiger partial charge in [-0.3, -0.25) is 14.4 Å². The van der Waals surface area contributed by atoms with Crippen molar-refractivity contribution >= 4 is 17.8 Å². The van der Waals surface area contributed by atoms with Crippen LogP contribution in [0.3, 0.4) is 0 Å². The third-order valence-corrected chi connectivity index (χ3v) is 6.80. The standard InChI is InChI=1S/C31H36N4O4/c32-15-16-33-30(37)25-10-6-11-26(21-25)31(38)34-17-20-35-18-13-27(14-19-35)39-29(36)22-24-9-4-5-12-28(24)23-7-2-1-3-8-23/h1-12,21,27H,13-20,22,32H2,(H,33,37)(H,34,38). The lowest BCUT2D eigenvalue weighted by Crippen LogP contribution is -2.42. The first-order chi connectivity index (χ1) is 19.0. The van der Waals surface area contributed by atoms with E-state index < -0.39 is 0 Å². The third kappa shape index (κ3) is 8.24. The lowest BCUT2D eigenvalue weighted by Gasteiger charge is -2.31. The normalized spacial score (nSPS) is 14.0. The van der Waals surface area contributed by atoms with Crippen molar-refractivity contribution in [1.82, 2.24) is 15.5 Å². The zero-order valence-corrected chi connectivity index (χ0v) is 22.1. The Balaban J connectivity index is 1.18. The molecule has 0 atom stereocenters. The smallest absolute Gasteiger partial charge is 0.310 e. The van der Waals surface area contributed by atoms with Gasteiger partial charge in [-0.05, 0) is 47.7 Å². The van der Waals surface area contributed by atoms with Crippen molar-refractivity contribution in [2.75, 3.05) is 39.3 Å². The van der Waals surface area contributed by atoms with E-state index in [4.69, 9.17) is 10.5 Å². The van der Waals surface area contributed by atoms with Gasteiger partial charge in [0.1, 0.15) is 6.10 Å². The van der Waals surface area contributed by atoms with Gasteiger partial charge in [0, 0.05) is 50.4 Å². The number of piperidine rings is 1. The molecule has 0 aliphatic carbocycles. The minimum absolute atomic E-state index is 0.0969. The number of hydrogen-bond donors (Lipinski definition) is 3. The van der Waals surface area contributed by atoms with Gasteiger partial charge >= 0.3 is 5.97 Å². The van der Waals surface area contributed by atoms with Crippen LogP contribution in [0.15, 0.2) is 78.9 Å². The van der Waals surface area contributed by atoms with Crippen LogP contribution < -0.4 is 16.4 Å². The second kappa shape index (κ2) is 14.2. The Morgan fingerprint density at radius 3 is 2.15 bits per heavy atom. The highest BCUT2D eigenvalue weighted by Gasteiger charge is 2.23. The minimum Gasteiger partial charge on any atom is -0.462 e. The summed E-state index contributed by atoms with van der Waals surface area (Å²) >= 11 is 0. The molecule has 3 aromatic rings. The Hall–Kier alpha value is -4.01. The summed E-state index contributed by atoms with van der Waals surface area (Å²) in [7, 11) is 0. The van der Waals surface area contributed by atoms with Crippen LogP contribution >= 0.6 is 0 Å². The molecule has 1 aliphatic heterocycles. The highest BCUT2D eigenvalue weighted by molar-refractivity contribution is 5.99. The number of likely N-dealkylation sites (tertiary alicyclic amines) is 1. The van der Waals surface area contributed by atoms with Crippen molar-refractivity contribution in [3.63, 3.8) is 0 Å².